The molecule has 1 aliphatic heterocycles. The number of amides is 1. The third-order valence-electron chi connectivity index (χ3n) is 3.69. The molecule has 2 aromatic rings. The van der Waals surface area contributed by atoms with E-state index in [0.717, 1.165) is 18.8 Å². The largest absolute Gasteiger partial charge is 0.368 e. The molecule has 0 spiro atoms. The van der Waals surface area contributed by atoms with Gasteiger partial charge in [0.1, 0.15) is 5.82 Å². The minimum Gasteiger partial charge on any atom is -0.368 e. The Labute approximate surface area is 135 Å². The average Bonchev–Trinajstić information content (AvgIpc) is 2.56. The number of halogens is 2. The molecule has 0 N–H and O–H groups in total. The number of rotatable bonds is 2. The number of carbonyl (C=O) groups is 1. The van der Waals surface area contributed by atoms with Crippen LogP contribution in [0.25, 0.3) is 0 Å². The Morgan fingerprint density at radius 1 is 0.955 bits per heavy atom. The van der Waals surface area contributed by atoms with Gasteiger partial charge in [0, 0.05) is 49.8 Å². The number of anilines is 1. The van der Waals surface area contributed by atoms with Crippen LogP contribution in [0.3, 0.4) is 0 Å². The average molecular weight is 322 g/mol. The lowest BCUT2D eigenvalue weighted by atomic mass is 10.2. The zero-order valence-electron chi connectivity index (χ0n) is 12.0. The first-order valence-electron chi connectivity index (χ1n) is 6.94. The first kappa shape index (κ1) is 16.2. The normalized spacial score (nSPS) is 14.4. The third kappa shape index (κ3) is 3.54. The summed E-state index contributed by atoms with van der Waals surface area (Å²) in [6, 6.07) is 9.93. The lowest BCUT2D eigenvalue weighted by Gasteiger charge is -2.36. The summed E-state index contributed by atoms with van der Waals surface area (Å²) < 4.78 is 12.9. The minimum atomic E-state index is -0.231. The fourth-order valence-electron chi connectivity index (χ4n) is 2.50. The highest BCUT2D eigenvalue weighted by Crippen LogP contribution is 2.17. The lowest BCUT2D eigenvalue weighted by molar-refractivity contribution is 0.0746. The second-order valence-corrected chi connectivity index (χ2v) is 4.99. The van der Waals surface area contributed by atoms with E-state index in [4.69, 9.17) is 0 Å². The molecule has 0 radical (unpaired) electrons. The third-order valence-corrected chi connectivity index (χ3v) is 3.69. The molecule has 2 heterocycles. The maximum Gasteiger partial charge on any atom is 0.254 e. The SMILES string of the molecule is Cl.O=C(c1ccncc1)N1CCN(c2ccc(F)cc2)CC1. The van der Waals surface area contributed by atoms with E-state index in [1.54, 1.807) is 36.7 Å². The van der Waals surface area contributed by atoms with Crippen molar-refractivity contribution < 1.29 is 9.18 Å². The molecule has 1 aromatic carbocycles. The summed E-state index contributed by atoms with van der Waals surface area (Å²) >= 11 is 0. The molecule has 0 aliphatic carbocycles. The van der Waals surface area contributed by atoms with Crippen LogP contribution in [0.1, 0.15) is 10.4 Å². The van der Waals surface area contributed by atoms with E-state index in [0.29, 0.717) is 18.7 Å². The molecule has 0 atom stereocenters. The lowest BCUT2D eigenvalue weighted by Crippen LogP contribution is -2.48. The molecular weight excluding hydrogens is 305 g/mol. The van der Waals surface area contributed by atoms with Crippen molar-refractivity contribution in [3.05, 3.63) is 60.2 Å². The van der Waals surface area contributed by atoms with Gasteiger partial charge in [-0.1, -0.05) is 0 Å². The number of piperazine rings is 1. The number of hydrogen-bond donors (Lipinski definition) is 0. The van der Waals surface area contributed by atoms with E-state index < -0.39 is 0 Å². The zero-order chi connectivity index (χ0) is 14.7. The van der Waals surface area contributed by atoms with Gasteiger partial charge in [0.05, 0.1) is 0 Å². The predicted molar refractivity (Wildman–Crippen MR) is 86.0 cm³/mol. The van der Waals surface area contributed by atoms with Crippen LogP contribution in [0, 0.1) is 5.82 Å². The van der Waals surface area contributed by atoms with E-state index >= 15 is 0 Å². The van der Waals surface area contributed by atoms with Crippen LogP contribution >= 0.6 is 12.4 Å². The Bertz CT molecular complexity index is 613. The molecular formula is C16H17ClFN3O. The van der Waals surface area contributed by atoms with Gasteiger partial charge in [0.25, 0.3) is 5.91 Å². The number of carbonyl (C=O) groups excluding carboxylic acids is 1. The summed E-state index contributed by atoms with van der Waals surface area (Å²) in [5.74, 6) is -0.193. The van der Waals surface area contributed by atoms with Gasteiger partial charge in [-0.05, 0) is 36.4 Å². The maximum atomic E-state index is 12.9. The molecule has 3 rings (SSSR count). The first-order valence-corrected chi connectivity index (χ1v) is 6.94. The highest BCUT2D eigenvalue weighted by molar-refractivity contribution is 5.94. The van der Waals surface area contributed by atoms with Gasteiger partial charge in [-0.3, -0.25) is 9.78 Å². The second-order valence-electron chi connectivity index (χ2n) is 4.99. The van der Waals surface area contributed by atoms with E-state index in [-0.39, 0.29) is 24.1 Å². The molecule has 22 heavy (non-hydrogen) atoms. The van der Waals surface area contributed by atoms with Crippen molar-refractivity contribution in [2.75, 3.05) is 31.1 Å². The Morgan fingerprint density at radius 3 is 2.14 bits per heavy atom. The van der Waals surface area contributed by atoms with Crippen molar-refractivity contribution in [3.63, 3.8) is 0 Å². The summed E-state index contributed by atoms with van der Waals surface area (Å²) in [7, 11) is 0. The Hall–Kier alpha value is -2.14. The number of aromatic nitrogens is 1. The highest BCUT2D eigenvalue weighted by atomic mass is 35.5. The molecule has 0 unspecified atom stereocenters. The van der Waals surface area contributed by atoms with Crippen molar-refractivity contribution in [1.82, 2.24) is 9.88 Å². The van der Waals surface area contributed by atoms with Crippen molar-refractivity contribution in [2.24, 2.45) is 0 Å². The molecule has 6 heteroatoms. The van der Waals surface area contributed by atoms with Gasteiger partial charge in [-0.2, -0.15) is 0 Å². The van der Waals surface area contributed by atoms with Crippen molar-refractivity contribution in [1.29, 1.82) is 0 Å². The van der Waals surface area contributed by atoms with Crippen molar-refractivity contribution in [3.8, 4) is 0 Å². The standard InChI is InChI=1S/C16H16FN3O.ClH/c17-14-1-3-15(4-2-14)19-9-11-20(12-10-19)16(21)13-5-7-18-8-6-13;/h1-8H,9-12H2;1H. The molecule has 1 amide bonds. The molecule has 0 saturated carbocycles. The summed E-state index contributed by atoms with van der Waals surface area (Å²) in [4.78, 5) is 20.2. The molecule has 1 aliphatic rings. The van der Waals surface area contributed by atoms with E-state index in [2.05, 4.69) is 9.88 Å². The van der Waals surface area contributed by atoms with Gasteiger partial charge in [-0.25, -0.2) is 4.39 Å². The fourth-order valence-corrected chi connectivity index (χ4v) is 2.50. The van der Waals surface area contributed by atoms with E-state index in [9.17, 15) is 9.18 Å². The number of pyridine rings is 1. The van der Waals surface area contributed by atoms with Gasteiger partial charge in [0.2, 0.25) is 0 Å². The van der Waals surface area contributed by atoms with Crippen LogP contribution in [-0.4, -0.2) is 42.0 Å². The van der Waals surface area contributed by atoms with Crippen LogP contribution < -0.4 is 4.90 Å². The molecule has 1 aromatic heterocycles. The van der Waals surface area contributed by atoms with Crippen LogP contribution in [0.5, 0.6) is 0 Å². The van der Waals surface area contributed by atoms with Crippen LogP contribution in [-0.2, 0) is 0 Å². The Balaban J connectivity index is 0.00000176. The zero-order valence-corrected chi connectivity index (χ0v) is 12.8. The highest BCUT2D eigenvalue weighted by Gasteiger charge is 2.22. The monoisotopic (exact) mass is 321 g/mol. The predicted octanol–water partition coefficient (Wildman–Crippen LogP) is 2.60. The second kappa shape index (κ2) is 7.22. The topological polar surface area (TPSA) is 36.4 Å². The molecule has 1 fully saturated rings. The summed E-state index contributed by atoms with van der Waals surface area (Å²) in [6.45, 7) is 2.84. The van der Waals surface area contributed by atoms with Gasteiger partial charge in [0.15, 0.2) is 0 Å². The summed E-state index contributed by atoms with van der Waals surface area (Å²) in [6.07, 6.45) is 3.25. The van der Waals surface area contributed by atoms with E-state index in [1.807, 2.05) is 4.90 Å². The van der Waals surface area contributed by atoms with Gasteiger partial charge >= 0.3 is 0 Å². The quantitative estimate of drug-likeness (QED) is 0.853. The Kier molecular flexibility index (Phi) is 5.33. The van der Waals surface area contributed by atoms with Crippen molar-refractivity contribution >= 4 is 24.0 Å². The maximum absolute atomic E-state index is 12.9. The smallest absolute Gasteiger partial charge is 0.254 e. The summed E-state index contributed by atoms with van der Waals surface area (Å²) in [5, 5.41) is 0. The molecule has 1 saturated heterocycles. The van der Waals surface area contributed by atoms with Crippen molar-refractivity contribution in [2.45, 2.75) is 0 Å². The summed E-state index contributed by atoms with van der Waals surface area (Å²) in [5.41, 5.74) is 1.66. The Morgan fingerprint density at radius 2 is 1.55 bits per heavy atom. The van der Waals surface area contributed by atoms with Gasteiger partial charge < -0.3 is 9.80 Å². The molecule has 4 nitrogen and oxygen atoms in total. The molecule has 0 bridgehead atoms. The van der Waals surface area contributed by atoms with Crippen LogP contribution in [0.15, 0.2) is 48.8 Å². The minimum absolute atomic E-state index is 0. The number of hydrogen-bond acceptors (Lipinski definition) is 3. The van der Waals surface area contributed by atoms with Crippen LogP contribution in [0.4, 0.5) is 10.1 Å². The first-order chi connectivity index (χ1) is 10.2. The van der Waals surface area contributed by atoms with E-state index in [1.165, 1.54) is 12.1 Å². The van der Waals surface area contributed by atoms with Gasteiger partial charge in [-0.15, -0.1) is 12.4 Å². The number of nitrogens with zero attached hydrogens (tertiary/aromatic N) is 3. The molecule has 116 valence electrons. The number of benzene rings is 1. The fraction of sp³-hybridized carbons (Fsp3) is 0.250. The van der Waals surface area contributed by atoms with Crippen LogP contribution in [0.2, 0.25) is 0 Å².